The summed E-state index contributed by atoms with van der Waals surface area (Å²) in [5.74, 6) is -0.252. The van der Waals surface area contributed by atoms with Gasteiger partial charge in [-0.25, -0.2) is 4.68 Å². The van der Waals surface area contributed by atoms with Gasteiger partial charge >= 0.3 is 0 Å². The van der Waals surface area contributed by atoms with Gasteiger partial charge in [-0.2, -0.15) is 5.10 Å². The zero-order valence-corrected chi connectivity index (χ0v) is 13.8. The first-order chi connectivity index (χ1) is 12.2. The minimum atomic E-state index is -0.252. The molecule has 1 aliphatic heterocycles. The van der Waals surface area contributed by atoms with E-state index < -0.39 is 0 Å². The fourth-order valence-electron chi connectivity index (χ4n) is 2.58. The van der Waals surface area contributed by atoms with Crippen molar-refractivity contribution in [1.29, 1.82) is 0 Å². The lowest BCUT2D eigenvalue weighted by Crippen LogP contribution is -2.21. The summed E-state index contributed by atoms with van der Waals surface area (Å²) in [4.78, 5) is 16.0. The van der Waals surface area contributed by atoms with Crippen LogP contribution in [0, 0.1) is 0 Å². The third kappa shape index (κ3) is 3.05. The van der Waals surface area contributed by atoms with Crippen LogP contribution in [0.3, 0.4) is 0 Å². The van der Waals surface area contributed by atoms with Gasteiger partial charge in [-0.3, -0.25) is 15.1 Å². The summed E-state index contributed by atoms with van der Waals surface area (Å²) in [5, 5.41) is 10.4. The Morgan fingerprint density at radius 2 is 1.80 bits per heavy atom. The molecule has 6 nitrogen and oxygen atoms in total. The Kier molecular flexibility index (Phi) is 3.83. The monoisotopic (exact) mass is 347 g/mol. The van der Waals surface area contributed by atoms with Crippen molar-refractivity contribution in [3.05, 3.63) is 72.3 Å². The van der Waals surface area contributed by atoms with E-state index in [1.165, 1.54) is 0 Å². The number of amides is 1. The Labute approximate surface area is 149 Å². The third-order valence-electron chi connectivity index (χ3n) is 3.74. The summed E-state index contributed by atoms with van der Waals surface area (Å²) in [5.41, 5.74) is 3.80. The first-order valence-electron chi connectivity index (χ1n) is 7.60. The van der Waals surface area contributed by atoms with Gasteiger partial charge in [-0.1, -0.05) is 18.2 Å². The van der Waals surface area contributed by atoms with Gasteiger partial charge in [0.25, 0.3) is 5.91 Å². The molecule has 122 valence electrons. The van der Waals surface area contributed by atoms with Crippen molar-refractivity contribution in [2.45, 2.75) is 0 Å². The predicted octanol–water partition coefficient (Wildman–Crippen LogP) is 2.28. The van der Waals surface area contributed by atoms with Crippen LogP contribution in [0.1, 0.15) is 5.56 Å². The molecule has 1 aromatic carbocycles. The van der Waals surface area contributed by atoms with Crippen LogP contribution < -0.4 is 10.6 Å². The van der Waals surface area contributed by atoms with Crippen LogP contribution in [0.15, 0.2) is 66.8 Å². The standard InChI is InChI=1S/C18H13N5OS/c24-17-15(20-18(25)21-17)10-13-11-23(14-4-2-1-3-5-14)22-16(13)12-6-8-19-9-7-12/h1-11H,(H2,20,21,24,25)/b15-10-. The molecule has 1 saturated heterocycles. The van der Waals surface area contributed by atoms with Gasteiger partial charge in [0.05, 0.1) is 5.69 Å². The number of para-hydroxylation sites is 1. The predicted molar refractivity (Wildman–Crippen MR) is 98.6 cm³/mol. The minimum Gasteiger partial charge on any atom is -0.328 e. The van der Waals surface area contributed by atoms with E-state index in [9.17, 15) is 4.79 Å². The number of hydrogen-bond donors (Lipinski definition) is 2. The molecule has 1 fully saturated rings. The zero-order valence-electron chi connectivity index (χ0n) is 13.0. The number of benzene rings is 1. The molecule has 0 bridgehead atoms. The van der Waals surface area contributed by atoms with Crippen LogP contribution in [0.2, 0.25) is 0 Å². The van der Waals surface area contributed by atoms with E-state index in [2.05, 4.69) is 20.7 Å². The number of nitrogens with one attached hydrogen (secondary N) is 2. The van der Waals surface area contributed by atoms with Crippen molar-refractivity contribution in [1.82, 2.24) is 25.4 Å². The largest absolute Gasteiger partial charge is 0.328 e. The molecule has 25 heavy (non-hydrogen) atoms. The van der Waals surface area contributed by atoms with E-state index in [4.69, 9.17) is 12.2 Å². The van der Waals surface area contributed by atoms with Gasteiger partial charge in [0.2, 0.25) is 0 Å². The van der Waals surface area contributed by atoms with Crippen molar-refractivity contribution in [2.75, 3.05) is 0 Å². The molecule has 3 aromatic rings. The SMILES string of the molecule is O=C1NC(=S)N/C1=C\c1cn(-c2ccccc2)nc1-c1ccncc1. The molecule has 0 saturated carbocycles. The maximum atomic E-state index is 11.9. The maximum Gasteiger partial charge on any atom is 0.273 e. The lowest BCUT2D eigenvalue weighted by molar-refractivity contribution is -0.115. The van der Waals surface area contributed by atoms with Crippen molar-refractivity contribution < 1.29 is 4.79 Å². The summed E-state index contributed by atoms with van der Waals surface area (Å²) in [6.07, 6.45) is 7.05. The van der Waals surface area contributed by atoms with Crippen LogP contribution in [0.4, 0.5) is 0 Å². The minimum absolute atomic E-state index is 0.252. The van der Waals surface area contributed by atoms with E-state index in [0.29, 0.717) is 10.8 Å². The molecule has 0 spiro atoms. The highest BCUT2D eigenvalue weighted by molar-refractivity contribution is 7.80. The topological polar surface area (TPSA) is 71.8 Å². The summed E-state index contributed by atoms with van der Waals surface area (Å²) in [6, 6.07) is 13.6. The van der Waals surface area contributed by atoms with E-state index in [-0.39, 0.29) is 5.91 Å². The second-order valence-electron chi connectivity index (χ2n) is 5.42. The number of aromatic nitrogens is 3. The summed E-state index contributed by atoms with van der Waals surface area (Å²) >= 11 is 4.98. The number of hydrogen-bond acceptors (Lipinski definition) is 4. The Bertz CT molecular complexity index is 979. The fraction of sp³-hybridized carbons (Fsp3) is 0. The maximum absolute atomic E-state index is 11.9. The number of rotatable bonds is 3. The van der Waals surface area contributed by atoms with Crippen molar-refractivity contribution in [2.24, 2.45) is 0 Å². The highest BCUT2D eigenvalue weighted by Crippen LogP contribution is 2.25. The number of nitrogens with zero attached hydrogens (tertiary/aromatic N) is 3. The zero-order chi connectivity index (χ0) is 17.2. The van der Waals surface area contributed by atoms with Gasteiger partial charge < -0.3 is 5.32 Å². The molecule has 3 heterocycles. The highest BCUT2D eigenvalue weighted by Gasteiger charge is 2.21. The molecule has 0 radical (unpaired) electrons. The number of pyridine rings is 1. The van der Waals surface area contributed by atoms with Crippen LogP contribution >= 0.6 is 12.2 Å². The molecular weight excluding hydrogens is 334 g/mol. The van der Waals surface area contributed by atoms with Gasteiger partial charge in [0.15, 0.2) is 5.11 Å². The van der Waals surface area contributed by atoms with Crippen LogP contribution in [0.25, 0.3) is 23.0 Å². The Balaban J connectivity index is 1.84. The molecule has 1 aliphatic rings. The lowest BCUT2D eigenvalue weighted by atomic mass is 10.1. The fourth-order valence-corrected chi connectivity index (χ4v) is 2.78. The average molecular weight is 347 g/mol. The van der Waals surface area contributed by atoms with E-state index in [1.807, 2.05) is 48.7 Å². The quantitative estimate of drug-likeness (QED) is 0.562. The number of thiocarbonyl (C=S) groups is 1. The summed E-state index contributed by atoms with van der Waals surface area (Å²) < 4.78 is 1.79. The van der Waals surface area contributed by atoms with Crippen molar-refractivity contribution in [3.63, 3.8) is 0 Å². The van der Waals surface area contributed by atoms with Crippen molar-refractivity contribution in [3.8, 4) is 16.9 Å². The molecule has 0 aliphatic carbocycles. The van der Waals surface area contributed by atoms with Crippen LogP contribution in [-0.4, -0.2) is 25.8 Å². The van der Waals surface area contributed by atoms with Crippen molar-refractivity contribution >= 4 is 29.3 Å². The van der Waals surface area contributed by atoms with E-state index in [0.717, 1.165) is 22.5 Å². The van der Waals surface area contributed by atoms with Gasteiger partial charge in [-0.15, -0.1) is 0 Å². The normalized spacial score (nSPS) is 15.3. The summed E-state index contributed by atoms with van der Waals surface area (Å²) in [6.45, 7) is 0. The first-order valence-corrected chi connectivity index (χ1v) is 8.01. The molecule has 2 aromatic heterocycles. The third-order valence-corrected chi connectivity index (χ3v) is 3.94. The number of carbonyl (C=O) groups is 1. The lowest BCUT2D eigenvalue weighted by Gasteiger charge is -2.00. The van der Waals surface area contributed by atoms with Crippen LogP contribution in [-0.2, 0) is 4.79 Å². The molecule has 2 N–H and O–H groups in total. The van der Waals surface area contributed by atoms with E-state index >= 15 is 0 Å². The Hall–Kier alpha value is -3.32. The average Bonchev–Trinajstić information content (AvgIpc) is 3.20. The molecule has 0 unspecified atom stereocenters. The van der Waals surface area contributed by atoms with E-state index in [1.54, 1.807) is 23.2 Å². The Morgan fingerprint density at radius 1 is 1.04 bits per heavy atom. The molecule has 7 heteroatoms. The first kappa shape index (κ1) is 15.2. The molecule has 1 amide bonds. The van der Waals surface area contributed by atoms with Gasteiger partial charge in [-0.05, 0) is 42.6 Å². The number of carbonyl (C=O) groups excluding carboxylic acids is 1. The van der Waals surface area contributed by atoms with Crippen LogP contribution in [0.5, 0.6) is 0 Å². The second-order valence-corrected chi connectivity index (χ2v) is 5.82. The smallest absolute Gasteiger partial charge is 0.273 e. The summed E-state index contributed by atoms with van der Waals surface area (Å²) in [7, 11) is 0. The second kappa shape index (κ2) is 6.29. The van der Waals surface area contributed by atoms with Gasteiger partial charge in [0.1, 0.15) is 11.4 Å². The molecular formula is C18H13N5OS. The highest BCUT2D eigenvalue weighted by atomic mass is 32.1. The Morgan fingerprint density at radius 3 is 2.48 bits per heavy atom. The van der Waals surface area contributed by atoms with Gasteiger partial charge in [0, 0.05) is 29.7 Å². The molecule has 0 atom stereocenters. The molecule has 4 rings (SSSR count).